The summed E-state index contributed by atoms with van der Waals surface area (Å²) in [6, 6.07) is 8.12. The molecule has 0 saturated carbocycles. The monoisotopic (exact) mass is 233 g/mol. The third-order valence-electron chi connectivity index (χ3n) is 2.56. The minimum absolute atomic E-state index is 0.0997. The van der Waals surface area contributed by atoms with Crippen LogP contribution < -0.4 is 5.73 Å². The molecule has 2 rings (SSSR count). The first-order valence-corrected chi connectivity index (χ1v) is 6.32. The molecule has 0 amide bonds. The van der Waals surface area contributed by atoms with Gasteiger partial charge in [-0.1, -0.05) is 18.2 Å². The Balaban J connectivity index is 2.36. The molecule has 1 unspecified atom stereocenters. The van der Waals surface area contributed by atoms with Crippen molar-refractivity contribution < 1.29 is 0 Å². The van der Waals surface area contributed by atoms with E-state index in [9.17, 15) is 0 Å². The molecule has 2 N–H and O–H groups in total. The molecule has 0 fully saturated rings. The number of benzene rings is 1. The van der Waals surface area contributed by atoms with Crippen molar-refractivity contribution in [3.8, 4) is 0 Å². The summed E-state index contributed by atoms with van der Waals surface area (Å²) in [5, 5.41) is 4.15. The molecule has 3 nitrogen and oxygen atoms in total. The lowest BCUT2D eigenvalue weighted by atomic mass is 10.0. The molecule has 0 saturated heterocycles. The van der Waals surface area contributed by atoms with Gasteiger partial charge in [-0.25, -0.2) is 0 Å². The van der Waals surface area contributed by atoms with Crippen molar-refractivity contribution >= 4 is 11.8 Å². The quantitative estimate of drug-likeness (QED) is 0.826. The standard InChI is InChI=1S/C12H15N3S/c1-15-8-9(7-14-15)12(13)10-5-3-4-6-11(10)16-2/h3-8,12H,13H2,1-2H3. The molecular formula is C12H15N3S. The van der Waals surface area contributed by atoms with Crippen LogP contribution in [0.4, 0.5) is 0 Å². The van der Waals surface area contributed by atoms with E-state index in [0.29, 0.717) is 0 Å². The van der Waals surface area contributed by atoms with Gasteiger partial charge in [0.1, 0.15) is 0 Å². The number of aromatic nitrogens is 2. The Bertz CT molecular complexity index is 479. The molecule has 0 spiro atoms. The van der Waals surface area contributed by atoms with Gasteiger partial charge in [-0.15, -0.1) is 11.8 Å². The van der Waals surface area contributed by atoms with E-state index in [-0.39, 0.29) is 6.04 Å². The Morgan fingerprint density at radius 3 is 2.75 bits per heavy atom. The van der Waals surface area contributed by atoms with Crippen LogP contribution in [0.25, 0.3) is 0 Å². The van der Waals surface area contributed by atoms with Gasteiger partial charge in [0.2, 0.25) is 0 Å². The van der Waals surface area contributed by atoms with Crippen molar-refractivity contribution in [3.05, 3.63) is 47.8 Å². The largest absolute Gasteiger partial charge is 0.320 e. The normalized spacial score (nSPS) is 12.7. The number of nitrogens with zero attached hydrogens (tertiary/aromatic N) is 2. The molecule has 1 atom stereocenters. The fourth-order valence-electron chi connectivity index (χ4n) is 1.70. The number of hydrogen-bond acceptors (Lipinski definition) is 3. The van der Waals surface area contributed by atoms with Gasteiger partial charge in [-0.05, 0) is 17.9 Å². The van der Waals surface area contributed by atoms with Crippen molar-refractivity contribution in [1.29, 1.82) is 0 Å². The summed E-state index contributed by atoms with van der Waals surface area (Å²) in [5.74, 6) is 0. The van der Waals surface area contributed by atoms with Crippen molar-refractivity contribution in [2.24, 2.45) is 12.8 Å². The first kappa shape index (κ1) is 11.2. The average Bonchev–Trinajstić information content (AvgIpc) is 2.75. The van der Waals surface area contributed by atoms with Gasteiger partial charge in [0.05, 0.1) is 12.2 Å². The summed E-state index contributed by atoms with van der Waals surface area (Å²) in [7, 11) is 1.90. The third kappa shape index (κ3) is 2.13. The Morgan fingerprint density at radius 2 is 2.12 bits per heavy atom. The molecule has 1 heterocycles. The maximum Gasteiger partial charge on any atom is 0.0593 e. The molecule has 84 valence electrons. The zero-order valence-electron chi connectivity index (χ0n) is 9.42. The lowest BCUT2D eigenvalue weighted by molar-refractivity contribution is 0.764. The topological polar surface area (TPSA) is 43.8 Å². The zero-order chi connectivity index (χ0) is 11.5. The second-order valence-electron chi connectivity index (χ2n) is 3.67. The van der Waals surface area contributed by atoms with Gasteiger partial charge in [0.25, 0.3) is 0 Å². The van der Waals surface area contributed by atoms with Crippen LogP contribution >= 0.6 is 11.8 Å². The number of hydrogen-bond donors (Lipinski definition) is 1. The van der Waals surface area contributed by atoms with Crippen LogP contribution in [0.3, 0.4) is 0 Å². The van der Waals surface area contributed by atoms with Crippen LogP contribution in [-0.2, 0) is 7.05 Å². The number of rotatable bonds is 3. The third-order valence-corrected chi connectivity index (χ3v) is 3.37. The van der Waals surface area contributed by atoms with E-state index in [0.717, 1.165) is 11.1 Å². The molecule has 0 aliphatic heterocycles. The predicted octanol–water partition coefficient (Wildman–Crippen LogP) is 2.19. The molecular weight excluding hydrogens is 218 g/mol. The van der Waals surface area contributed by atoms with E-state index >= 15 is 0 Å². The van der Waals surface area contributed by atoms with Crippen molar-refractivity contribution in [2.45, 2.75) is 10.9 Å². The lowest BCUT2D eigenvalue weighted by Gasteiger charge is -2.13. The Morgan fingerprint density at radius 1 is 1.38 bits per heavy atom. The van der Waals surface area contributed by atoms with E-state index < -0.39 is 0 Å². The number of aryl methyl sites for hydroxylation is 1. The molecule has 1 aromatic carbocycles. The van der Waals surface area contributed by atoms with E-state index in [1.54, 1.807) is 16.4 Å². The maximum atomic E-state index is 6.24. The molecule has 1 aromatic heterocycles. The molecule has 0 aliphatic carbocycles. The van der Waals surface area contributed by atoms with Crippen molar-refractivity contribution in [1.82, 2.24) is 9.78 Å². The van der Waals surface area contributed by atoms with Crippen LogP contribution in [0.2, 0.25) is 0 Å². The summed E-state index contributed by atoms with van der Waals surface area (Å²) < 4.78 is 1.77. The fourth-order valence-corrected chi connectivity index (χ4v) is 2.35. The van der Waals surface area contributed by atoms with Crippen LogP contribution in [0.15, 0.2) is 41.6 Å². The molecule has 16 heavy (non-hydrogen) atoms. The van der Waals surface area contributed by atoms with E-state index in [1.165, 1.54) is 4.90 Å². The summed E-state index contributed by atoms with van der Waals surface area (Å²) in [6.45, 7) is 0. The van der Waals surface area contributed by atoms with E-state index in [1.807, 2.05) is 31.6 Å². The molecule has 0 radical (unpaired) electrons. The van der Waals surface area contributed by atoms with Gasteiger partial charge in [0.15, 0.2) is 0 Å². The lowest BCUT2D eigenvalue weighted by Crippen LogP contribution is -2.12. The molecule has 0 bridgehead atoms. The fraction of sp³-hybridized carbons (Fsp3) is 0.250. The van der Waals surface area contributed by atoms with E-state index in [2.05, 4.69) is 23.5 Å². The van der Waals surface area contributed by atoms with Crippen molar-refractivity contribution in [3.63, 3.8) is 0 Å². The van der Waals surface area contributed by atoms with Gasteiger partial charge in [-0.2, -0.15) is 5.10 Å². The Hall–Kier alpha value is -1.26. The first-order chi connectivity index (χ1) is 7.72. The van der Waals surface area contributed by atoms with Crippen LogP contribution in [0.1, 0.15) is 17.2 Å². The molecule has 0 aliphatic rings. The van der Waals surface area contributed by atoms with Crippen LogP contribution in [0.5, 0.6) is 0 Å². The average molecular weight is 233 g/mol. The molecule has 4 heteroatoms. The molecule has 2 aromatic rings. The smallest absolute Gasteiger partial charge is 0.0593 e. The van der Waals surface area contributed by atoms with Gasteiger partial charge >= 0.3 is 0 Å². The van der Waals surface area contributed by atoms with Crippen LogP contribution in [-0.4, -0.2) is 16.0 Å². The summed E-state index contributed by atoms with van der Waals surface area (Å²) in [6.07, 6.45) is 5.85. The Kier molecular flexibility index (Phi) is 3.31. The highest BCUT2D eigenvalue weighted by atomic mass is 32.2. The minimum Gasteiger partial charge on any atom is -0.320 e. The second-order valence-corrected chi connectivity index (χ2v) is 4.52. The maximum absolute atomic E-state index is 6.24. The van der Waals surface area contributed by atoms with Gasteiger partial charge < -0.3 is 5.73 Å². The summed E-state index contributed by atoms with van der Waals surface area (Å²) in [4.78, 5) is 1.22. The van der Waals surface area contributed by atoms with Crippen molar-refractivity contribution in [2.75, 3.05) is 6.26 Å². The summed E-state index contributed by atoms with van der Waals surface area (Å²) in [5.41, 5.74) is 8.44. The predicted molar refractivity (Wildman–Crippen MR) is 67.5 cm³/mol. The minimum atomic E-state index is -0.0997. The highest BCUT2D eigenvalue weighted by Gasteiger charge is 2.13. The second kappa shape index (κ2) is 4.72. The van der Waals surface area contributed by atoms with Gasteiger partial charge in [-0.3, -0.25) is 4.68 Å². The van der Waals surface area contributed by atoms with Gasteiger partial charge in [0, 0.05) is 23.7 Å². The Labute approximate surface area is 99.7 Å². The summed E-state index contributed by atoms with van der Waals surface area (Å²) >= 11 is 1.72. The first-order valence-electron chi connectivity index (χ1n) is 5.09. The highest BCUT2D eigenvalue weighted by Crippen LogP contribution is 2.28. The number of nitrogens with two attached hydrogens (primary N) is 1. The van der Waals surface area contributed by atoms with Crippen LogP contribution in [0, 0.1) is 0 Å². The zero-order valence-corrected chi connectivity index (χ0v) is 10.2. The SMILES string of the molecule is CSc1ccccc1C(N)c1cnn(C)c1. The number of thioether (sulfide) groups is 1. The van der Waals surface area contributed by atoms with E-state index in [4.69, 9.17) is 5.73 Å². The highest BCUT2D eigenvalue weighted by molar-refractivity contribution is 7.98.